The number of amides is 1. The van der Waals surface area contributed by atoms with Gasteiger partial charge in [-0.25, -0.2) is 9.86 Å². The molecule has 8 heteroatoms. The molecule has 0 aromatic rings. The minimum atomic E-state index is -3.66. The van der Waals surface area contributed by atoms with Crippen molar-refractivity contribution in [3.05, 3.63) is 0 Å². The van der Waals surface area contributed by atoms with Gasteiger partial charge in [-0.15, -0.1) is 0 Å². The molecule has 106 valence electrons. The molecular weight excluding hydrogens is 256 g/mol. The number of likely N-dealkylation sites (tertiary alicyclic amines) is 1. The van der Waals surface area contributed by atoms with Gasteiger partial charge in [0.15, 0.2) is 0 Å². The Kier molecular flexibility index (Phi) is 5.51. The van der Waals surface area contributed by atoms with Gasteiger partial charge in [-0.1, -0.05) is 6.92 Å². The predicted molar refractivity (Wildman–Crippen MR) is 68.7 cm³/mol. The number of carbonyl (C=O) groups excluding carboxylic acids is 1. The summed E-state index contributed by atoms with van der Waals surface area (Å²) in [6.45, 7) is 3.37. The number of hydrogen-bond acceptors (Lipinski definition) is 4. The lowest BCUT2D eigenvalue weighted by Crippen LogP contribution is -2.49. The second-order valence-corrected chi connectivity index (χ2v) is 6.08. The Labute approximate surface area is 108 Å². The molecule has 5 N–H and O–H groups in total. The number of hydrogen-bond donors (Lipinski definition) is 3. The first-order valence-electron chi connectivity index (χ1n) is 6.15. The van der Waals surface area contributed by atoms with E-state index < -0.39 is 16.3 Å². The fourth-order valence-corrected chi connectivity index (χ4v) is 2.54. The maximum Gasteiger partial charge on any atom is 0.274 e. The molecule has 0 aromatic carbocycles. The molecule has 0 spiro atoms. The van der Waals surface area contributed by atoms with Crippen molar-refractivity contribution in [2.45, 2.75) is 32.2 Å². The fraction of sp³-hybridized carbons (Fsp3) is 0.900. The third-order valence-electron chi connectivity index (χ3n) is 3.16. The molecular formula is C10H22N4O3S. The minimum absolute atomic E-state index is 0.0576. The molecule has 0 bridgehead atoms. The largest absolute Gasteiger partial charge is 0.341 e. The Morgan fingerprint density at radius 1 is 1.56 bits per heavy atom. The van der Waals surface area contributed by atoms with Gasteiger partial charge >= 0.3 is 0 Å². The van der Waals surface area contributed by atoms with E-state index in [4.69, 9.17) is 10.9 Å². The molecule has 1 rings (SSSR count). The van der Waals surface area contributed by atoms with Gasteiger partial charge in [-0.2, -0.15) is 8.42 Å². The molecule has 0 aliphatic carbocycles. The van der Waals surface area contributed by atoms with Crippen LogP contribution in [0.5, 0.6) is 0 Å². The summed E-state index contributed by atoms with van der Waals surface area (Å²) in [4.78, 5) is 13.6. The van der Waals surface area contributed by atoms with Crippen molar-refractivity contribution < 1.29 is 13.2 Å². The summed E-state index contributed by atoms with van der Waals surface area (Å²) in [5.41, 5.74) is 5.71. The monoisotopic (exact) mass is 278 g/mol. The lowest BCUT2D eigenvalue weighted by atomic mass is 9.97. The summed E-state index contributed by atoms with van der Waals surface area (Å²) in [6.07, 6.45) is 2.35. The van der Waals surface area contributed by atoms with E-state index in [2.05, 4.69) is 4.72 Å². The van der Waals surface area contributed by atoms with Gasteiger partial charge in [-0.05, 0) is 25.2 Å². The first-order valence-corrected chi connectivity index (χ1v) is 7.70. The average Bonchev–Trinajstić information content (AvgIpc) is 2.34. The Morgan fingerprint density at radius 2 is 2.22 bits per heavy atom. The van der Waals surface area contributed by atoms with Crippen LogP contribution < -0.4 is 15.6 Å². The SMILES string of the molecule is CC[C@H](N)C(=O)N1CCCC(CNS(N)(=O)=O)C1. The smallest absolute Gasteiger partial charge is 0.274 e. The molecule has 0 radical (unpaired) electrons. The Morgan fingerprint density at radius 3 is 2.78 bits per heavy atom. The van der Waals surface area contributed by atoms with Crippen LogP contribution in [0.3, 0.4) is 0 Å². The first kappa shape index (κ1) is 15.4. The van der Waals surface area contributed by atoms with Crippen LogP contribution in [-0.4, -0.2) is 44.9 Å². The Bertz CT molecular complexity index is 385. The van der Waals surface area contributed by atoms with Crippen molar-refractivity contribution in [2.75, 3.05) is 19.6 Å². The number of rotatable bonds is 5. The molecule has 1 unspecified atom stereocenters. The van der Waals surface area contributed by atoms with E-state index in [0.717, 1.165) is 12.8 Å². The molecule has 1 aliphatic heterocycles. The van der Waals surface area contributed by atoms with Gasteiger partial charge in [0, 0.05) is 19.6 Å². The highest BCUT2D eigenvalue weighted by molar-refractivity contribution is 7.87. The molecule has 1 amide bonds. The zero-order valence-electron chi connectivity index (χ0n) is 10.6. The van der Waals surface area contributed by atoms with Gasteiger partial charge < -0.3 is 10.6 Å². The van der Waals surface area contributed by atoms with Crippen LogP contribution in [0.1, 0.15) is 26.2 Å². The van der Waals surface area contributed by atoms with Crippen molar-refractivity contribution in [1.82, 2.24) is 9.62 Å². The molecule has 0 aromatic heterocycles. The predicted octanol–water partition coefficient (Wildman–Crippen LogP) is -1.24. The molecule has 7 nitrogen and oxygen atoms in total. The number of nitrogens with one attached hydrogen (secondary N) is 1. The van der Waals surface area contributed by atoms with Gasteiger partial charge in [0.2, 0.25) is 5.91 Å². The van der Waals surface area contributed by atoms with Crippen molar-refractivity contribution >= 4 is 16.1 Å². The number of nitrogens with zero attached hydrogens (tertiary/aromatic N) is 1. The Hall–Kier alpha value is -0.700. The van der Waals surface area contributed by atoms with E-state index in [1.807, 2.05) is 6.92 Å². The number of carbonyl (C=O) groups is 1. The van der Waals surface area contributed by atoms with Crippen LogP contribution in [0.15, 0.2) is 0 Å². The summed E-state index contributed by atoms with van der Waals surface area (Å²) >= 11 is 0. The van der Waals surface area contributed by atoms with E-state index in [9.17, 15) is 13.2 Å². The molecule has 2 atom stereocenters. The second kappa shape index (κ2) is 6.46. The van der Waals surface area contributed by atoms with Crippen molar-refractivity contribution in [3.8, 4) is 0 Å². The van der Waals surface area contributed by atoms with E-state index in [1.165, 1.54) is 0 Å². The molecule has 1 fully saturated rings. The maximum absolute atomic E-state index is 11.9. The lowest BCUT2D eigenvalue weighted by molar-refractivity contribution is -0.134. The second-order valence-electron chi connectivity index (χ2n) is 4.70. The van der Waals surface area contributed by atoms with Crippen LogP contribution >= 0.6 is 0 Å². The quantitative estimate of drug-likeness (QED) is 0.582. The van der Waals surface area contributed by atoms with E-state index >= 15 is 0 Å². The van der Waals surface area contributed by atoms with E-state index in [0.29, 0.717) is 19.5 Å². The normalized spacial score (nSPS) is 22.8. The van der Waals surface area contributed by atoms with E-state index in [1.54, 1.807) is 4.90 Å². The van der Waals surface area contributed by atoms with Gasteiger partial charge in [-0.3, -0.25) is 4.79 Å². The summed E-state index contributed by atoms with van der Waals surface area (Å²) in [6, 6.07) is -0.463. The highest BCUT2D eigenvalue weighted by Gasteiger charge is 2.26. The highest BCUT2D eigenvalue weighted by Crippen LogP contribution is 2.16. The fourth-order valence-electron chi connectivity index (χ4n) is 2.07. The molecule has 1 heterocycles. The number of nitrogens with two attached hydrogens (primary N) is 2. The zero-order valence-corrected chi connectivity index (χ0v) is 11.4. The highest BCUT2D eigenvalue weighted by atomic mass is 32.2. The van der Waals surface area contributed by atoms with Gasteiger partial charge in [0.25, 0.3) is 10.2 Å². The van der Waals surface area contributed by atoms with Crippen LogP contribution in [0.2, 0.25) is 0 Å². The van der Waals surface area contributed by atoms with Crippen LogP contribution in [0, 0.1) is 5.92 Å². The topological polar surface area (TPSA) is 119 Å². The summed E-state index contributed by atoms with van der Waals surface area (Å²) in [5, 5.41) is 4.88. The van der Waals surface area contributed by atoms with Crippen LogP contribution in [-0.2, 0) is 15.0 Å². The van der Waals surface area contributed by atoms with Crippen molar-refractivity contribution in [3.63, 3.8) is 0 Å². The van der Waals surface area contributed by atoms with Crippen LogP contribution in [0.4, 0.5) is 0 Å². The molecule has 18 heavy (non-hydrogen) atoms. The Balaban J connectivity index is 2.48. The molecule has 1 aliphatic rings. The minimum Gasteiger partial charge on any atom is -0.341 e. The number of piperidine rings is 1. The van der Waals surface area contributed by atoms with Crippen molar-refractivity contribution in [1.29, 1.82) is 0 Å². The van der Waals surface area contributed by atoms with Gasteiger partial charge in [0.05, 0.1) is 6.04 Å². The lowest BCUT2D eigenvalue weighted by Gasteiger charge is -2.34. The van der Waals surface area contributed by atoms with E-state index in [-0.39, 0.29) is 18.4 Å². The van der Waals surface area contributed by atoms with Gasteiger partial charge in [0.1, 0.15) is 0 Å². The first-order chi connectivity index (χ1) is 8.33. The molecule has 0 saturated carbocycles. The maximum atomic E-state index is 11.9. The van der Waals surface area contributed by atoms with Crippen LogP contribution in [0.25, 0.3) is 0 Å². The third kappa shape index (κ3) is 4.89. The van der Waals surface area contributed by atoms with Crippen molar-refractivity contribution in [2.24, 2.45) is 16.8 Å². The standard InChI is InChI=1S/C10H22N4O3S/c1-2-9(11)10(15)14-5-3-4-8(7-14)6-13-18(12,16)17/h8-9,13H,2-7,11H2,1H3,(H2,12,16,17)/t8?,9-/m0/s1. The summed E-state index contributed by atoms with van der Waals surface area (Å²) in [5.74, 6) is 0.0443. The average molecular weight is 278 g/mol. The summed E-state index contributed by atoms with van der Waals surface area (Å²) < 4.78 is 23.9. The zero-order chi connectivity index (χ0) is 13.8. The summed E-state index contributed by atoms with van der Waals surface area (Å²) in [7, 11) is -3.66. The third-order valence-corrected chi connectivity index (χ3v) is 3.73. The molecule has 1 saturated heterocycles.